The predicted octanol–water partition coefficient (Wildman–Crippen LogP) is 3.55. The van der Waals surface area contributed by atoms with Crippen LogP contribution in [0.4, 0.5) is 11.4 Å². The van der Waals surface area contributed by atoms with Crippen LogP contribution in [0.25, 0.3) is 0 Å². The van der Waals surface area contributed by atoms with Gasteiger partial charge < -0.3 is 24.8 Å². The first-order valence-corrected chi connectivity index (χ1v) is 10.7. The number of anilines is 2. The van der Waals surface area contributed by atoms with Crippen molar-refractivity contribution in [1.29, 1.82) is 0 Å². The lowest BCUT2D eigenvalue weighted by Crippen LogP contribution is -2.22. The molecule has 9 heteroatoms. The summed E-state index contributed by atoms with van der Waals surface area (Å²) in [4.78, 5) is 47.7. The van der Waals surface area contributed by atoms with Crippen LogP contribution in [0.3, 0.4) is 0 Å². The number of carbonyl (C=O) groups excluding carboxylic acids is 4. The van der Waals surface area contributed by atoms with E-state index in [1.165, 1.54) is 0 Å². The molecule has 0 saturated heterocycles. The molecule has 0 aliphatic rings. The Hall–Kier alpha value is -3.88. The van der Waals surface area contributed by atoms with E-state index in [2.05, 4.69) is 10.6 Å². The highest BCUT2D eigenvalue weighted by molar-refractivity contribution is 5.95. The van der Waals surface area contributed by atoms with E-state index >= 15 is 0 Å². The van der Waals surface area contributed by atoms with Gasteiger partial charge in [-0.3, -0.25) is 14.4 Å². The molecule has 0 aliphatic heterocycles. The zero-order chi connectivity index (χ0) is 24.1. The van der Waals surface area contributed by atoms with Gasteiger partial charge in [0.1, 0.15) is 5.75 Å². The van der Waals surface area contributed by atoms with Crippen molar-refractivity contribution < 1.29 is 33.4 Å². The molecule has 0 atom stereocenters. The van der Waals surface area contributed by atoms with Crippen molar-refractivity contribution in [3.63, 3.8) is 0 Å². The molecular weight excluding hydrogens is 428 g/mol. The van der Waals surface area contributed by atoms with Gasteiger partial charge in [-0.1, -0.05) is 19.1 Å². The van der Waals surface area contributed by atoms with Gasteiger partial charge in [-0.2, -0.15) is 0 Å². The molecule has 33 heavy (non-hydrogen) atoms. The van der Waals surface area contributed by atoms with Gasteiger partial charge in [0.05, 0.1) is 30.9 Å². The van der Waals surface area contributed by atoms with E-state index in [0.717, 1.165) is 6.42 Å². The Morgan fingerprint density at radius 3 is 2.24 bits per heavy atom. The first-order valence-electron chi connectivity index (χ1n) is 10.7. The largest absolute Gasteiger partial charge is 0.492 e. The van der Waals surface area contributed by atoms with Crippen LogP contribution in [0.1, 0.15) is 43.5 Å². The third-order valence-electron chi connectivity index (χ3n) is 4.22. The first kappa shape index (κ1) is 25.4. The van der Waals surface area contributed by atoms with E-state index in [-0.39, 0.29) is 12.8 Å². The van der Waals surface area contributed by atoms with Crippen LogP contribution in [-0.4, -0.2) is 43.6 Å². The molecule has 0 fully saturated rings. The molecule has 2 rings (SSSR count). The van der Waals surface area contributed by atoms with Crippen molar-refractivity contribution in [3.05, 3.63) is 54.1 Å². The molecule has 0 heterocycles. The maximum absolute atomic E-state index is 12.1. The lowest BCUT2D eigenvalue weighted by molar-refractivity contribution is -0.147. The number of esters is 2. The molecule has 2 N–H and O–H groups in total. The highest BCUT2D eigenvalue weighted by Gasteiger charge is 2.13. The average Bonchev–Trinajstić information content (AvgIpc) is 2.81. The Labute approximate surface area is 192 Å². The third-order valence-corrected chi connectivity index (χ3v) is 4.22. The van der Waals surface area contributed by atoms with Crippen LogP contribution < -0.4 is 15.4 Å². The topological polar surface area (TPSA) is 120 Å². The fourth-order valence-electron chi connectivity index (χ4n) is 2.66. The molecule has 0 radical (unpaired) electrons. The van der Waals surface area contributed by atoms with E-state index in [0.29, 0.717) is 35.9 Å². The second kappa shape index (κ2) is 13.5. The van der Waals surface area contributed by atoms with E-state index in [1.807, 2.05) is 13.8 Å². The predicted molar refractivity (Wildman–Crippen MR) is 122 cm³/mol. The fraction of sp³-hybridized carbons (Fsp3) is 0.333. The van der Waals surface area contributed by atoms with E-state index in [9.17, 15) is 19.2 Å². The van der Waals surface area contributed by atoms with Gasteiger partial charge in [-0.25, -0.2) is 4.79 Å². The molecule has 0 aliphatic carbocycles. The summed E-state index contributed by atoms with van der Waals surface area (Å²) in [5, 5.41) is 5.25. The lowest BCUT2D eigenvalue weighted by atomic mass is 10.2. The maximum atomic E-state index is 12.1. The first-order chi connectivity index (χ1) is 15.9. The third kappa shape index (κ3) is 9.02. The van der Waals surface area contributed by atoms with Crippen molar-refractivity contribution in [3.8, 4) is 5.75 Å². The minimum Gasteiger partial charge on any atom is -0.492 e. The Morgan fingerprint density at radius 1 is 0.818 bits per heavy atom. The summed E-state index contributed by atoms with van der Waals surface area (Å²) < 4.78 is 15.4. The Balaban J connectivity index is 1.71. The van der Waals surface area contributed by atoms with Gasteiger partial charge in [0.15, 0.2) is 6.61 Å². The highest BCUT2D eigenvalue weighted by atomic mass is 16.5. The molecule has 2 aromatic carbocycles. The lowest BCUT2D eigenvalue weighted by Gasteiger charge is -2.11. The molecule has 0 spiro atoms. The van der Waals surface area contributed by atoms with Crippen molar-refractivity contribution in [2.75, 3.05) is 30.5 Å². The molecule has 2 amide bonds. The number of ether oxygens (including phenoxy) is 3. The number of benzene rings is 2. The Kier molecular flexibility index (Phi) is 10.4. The van der Waals surface area contributed by atoms with E-state index in [4.69, 9.17) is 14.2 Å². The second-order valence-corrected chi connectivity index (χ2v) is 6.90. The van der Waals surface area contributed by atoms with E-state index in [1.54, 1.807) is 48.5 Å². The van der Waals surface area contributed by atoms with E-state index < -0.39 is 30.4 Å². The highest BCUT2D eigenvalue weighted by Crippen LogP contribution is 2.23. The van der Waals surface area contributed by atoms with Gasteiger partial charge in [-0.05, 0) is 49.7 Å². The van der Waals surface area contributed by atoms with Crippen molar-refractivity contribution in [2.24, 2.45) is 0 Å². The number of nitrogens with one attached hydrogen (secondary N) is 2. The smallest absolute Gasteiger partial charge is 0.338 e. The fourth-order valence-corrected chi connectivity index (χ4v) is 2.66. The van der Waals surface area contributed by atoms with Crippen molar-refractivity contribution >= 4 is 35.1 Å². The molecule has 0 saturated carbocycles. The SMILES string of the molecule is CCCOC(=O)c1ccc(NC(=O)CCC(=O)OCC(=O)Nc2ccccc2OCC)cc1. The standard InChI is InChI=1S/C24H28N2O7/c1-3-15-32-24(30)17-9-11-18(12-10-17)25-21(27)13-14-23(29)33-16-22(28)26-19-7-5-6-8-20(19)31-4-2/h5-12H,3-4,13-16H2,1-2H3,(H,25,27)(H,26,28). The molecule has 9 nitrogen and oxygen atoms in total. The van der Waals surface area contributed by atoms with Crippen molar-refractivity contribution in [2.45, 2.75) is 33.1 Å². The van der Waals surface area contributed by atoms with Crippen LogP contribution >= 0.6 is 0 Å². The molecule has 0 unspecified atom stereocenters. The number of rotatable bonds is 12. The minimum absolute atomic E-state index is 0.117. The number of hydrogen-bond donors (Lipinski definition) is 2. The van der Waals surface area contributed by atoms with Crippen LogP contribution in [0.5, 0.6) is 5.75 Å². The summed E-state index contributed by atoms with van der Waals surface area (Å²) in [5.74, 6) is -1.50. The van der Waals surface area contributed by atoms with Crippen LogP contribution in [0.2, 0.25) is 0 Å². The van der Waals surface area contributed by atoms with Crippen LogP contribution in [0, 0.1) is 0 Å². The quantitative estimate of drug-likeness (QED) is 0.469. The van der Waals surface area contributed by atoms with Crippen molar-refractivity contribution in [1.82, 2.24) is 0 Å². The maximum Gasteiger partial charge on any atom is 0.338 e. The summed E-state index contributed by atoms with van der Waals surface area (Å²) in [5.41, 5.74) is 1.34. The van der Waals surface area contributed by atoms with Gasteiger partial charge in [-0.15, -0.1) is 0 Å². The molecule has 2 aromatic rings. The Morgan fingerprint density at radius 2 is 1.55 bits per heavy atom. The minimum atomic E-state index is -0.674. The number of para-hydroxylation sites is 2. The molecule has 176 valence electrons. The zero-order valence-corrected chi connectivity index (χ0v) is 18.7. The van der Waals surface area contributed by atoms with Gasteiger partial charge in [0, 0.05) is 12.1 Å². The molecular formula is C24H28N2O7. The normalized spacial score (nSPS) is 10.1. The average molecular weight is 456 g/mol. The molecule has 0 bridgehead atoms. The summed E-state index contributed by atoms with van der Waals surface area (Å²) in [6.07, 6.45) is 0.429. The summed E-state index contributed by atoms with van der Waals surface area (Å²) in [7, 11) is 0. The summed E-state index contributed by atoms with van der Waals surface area (Å²) in [6, 6.07) is 13.2. The summed E-state index contributed by atoms with van der Waals surface area (Å²) >= 11 is 0. The number of amides is 2. The Bertz CT molecular complexity index is 958. The molecule has 0 aromatic heterocycles. The number of carbonyl (C=O) groups is 4. The monoisotopic (exact) mass is 456 g/mol. The van der Waals surface area contributed by atoms with Gasteiger partial charge in [0.25, 0.3) is 5.91 Å². The second-order valence-electron chi connectivity index (χ2n) is 6.90. The summed E-state index contributed by atoms with van der Waals surface area (Å²) in [6.45, 7) is 4.04. The van der Waals surface area contributed by atoms with Crippen LogP contribution in [-0.2, 0) is 23.9 Å². The van der Waals surface area contributed by atoms with Gasteiger partial charge in [0.2, 0.25) is 5.91 Å². The number of hydrogen-bond acceptors (Lipinski definition) is 7. The van der Waals surface area contributed by atoms with Crippen LogP contribution in [0.15, 0.2) is 48.5 Å². The zero-order valence-electron chi connectivity index (χ0n) is 18.7. The van der Waals surface area contributed by atoms with Gasteiger partial charge >= 0.3 is 11.9 Å².